The van der Waals surface area contributed by atoms with E-state index in [0.29, 0.717) is 18.7 Å². The summed E-state index contributed by atoms with van der Waals surface area (Å²) in [4.78, 5) is 0. The first-order chi connectivity index (χ1) is 8.47. The minimum atomic E-state index is -1.55. The van der Waals surface area contributed by atoms with Gasteiger partial charge in [-0.15, -0.1) is 0 Å². The van der Waals surface area contributed by atoms with Gasteiger partial charge in [0.2, 0.25) is 11.6 Å². The number of rotatable bonds is 6. The van der Waals surface area contributed by atoms with E-state index in [4.69, 9.17) is 4.74 Å². The maximum absolute atomic E-state index is 13.2. The van der Waals surface area contributed by atoms with Crippen LogP contribution in [0, 0.1) is 23.3 Å². The Balaban J connectivity index is 2.76. The van der Waals surface area contributed by atoms with Crippen molar-refractivity contribution in [2.24, 2.45) is 0 Å². The Kier molecular flexibility index (Phi) is 5.15. The van der Waals surface area contributed by atoms with Crippen LogP contribution in [0.4, 0.5) is 17.6 Å². The van der Waals surface area contributed by atoms with Crippen molar-refractivity contribution in [3.63, 3.8) is 0 Å². The number of likely N-dealkylation sites (N-methyl/N-ethyl adjacent to an activating group) is 1. The first-order valence-electron chi connectivity index (χ1n) is 5.30. The first-order valence-corrected chi connectivity index (χ1v) is 5.30. The lowest BCUT2D eigenvalue weighted by molar-refractivity contribution is 0.293. The molecule has 1 aromatic rings. The lowest BCUT2D eigenvalue weighted by atomic mass is 10.3. The summed E-state index contributed by atoms with van der Waals surface area (Å²) in [6.45, 7) is 6.31. The third-order valence-electron chi connectivity index (χ3n) is 2.12. The third-order valence-corrected chi connectivity index (χ3v) is 2.12. The fourth-order valence-corrected chi connectivity index (χ4v) is 1.21. The zero-order chi connectivity index (χ0) is 13.7. The average molecular weight is 263 g/mol. The van der Waals surface area contributed by atoms with Crippen LogP contribution in [0.25, 0.3) is 0 Å². The molecule has 0 aliphatic carbocycles. The van der Waals surface area contributed by atoms with Crippen LogP contribution in [-0.2, 0) is 0 Å². The smallest absolute Gasteiger partial charge is 0.203 e. The lowest BCUT2D eigenvalue weighted by Crippen LogP contribution is -2.19. The van der Waals surface area contributed by atoms with Gasteiger partial charge in [0.1, 0.15) is 6.61 Å². The summed E-state index contributed by atoms with van der Waals surface area (Å²) in [5.74, 6) is -7.16. The Bertz CT molecular complexity index is 422. The van der Waals surface area contributed by atoms with Crippen LogP contribution in [0.15, 0.2) is 18.2 Å². The minimum Gasteiger partial charge on any atom is -0.483 e. The summed E-state index contributed by atoms with van der Waals surface area (Å²) in [5, 5.41) is 2.92. The van der Waals surface area contributed by atoms with Gasteiger partial charge in [-0.1, -0.05) is 13.5 Å². The van der Waals surface area contributed by atoms with Gasteiger partial charge in [-0.25, -0.2) is 8.78 Å². The van der Waals surface area contributed by atoms with Gasteiger partial charge in [0.05, 0.1) is 0 Å². The normalized spacial score (nSPS) is 10.5. The molecule has 1 rings (SSSR count). The number of hydrogen-bond donors (Lipinski definition) is 1. The molecule has 0 aromatic heterocycles. The molecular weight excluding hydrogens is 250 g/mol. The molecule has 100 valence electrons. The highest BCUT2D eigenvalue weighted by Gasteiger charge is 2.20. The molecule has 0 aliphatic rings. The Morgan fingerprint density at radius 2 is 1.78 bits per heavy atom. The molecular formula is C12H13F4NO. The van der Waals surface area contributed by atoms with Crippen molar-refractivity contribution in [3.05, 3.63) is 41.5 Å². The summed E-state index contributed by atoms with van der Waals surface area (Å²) >= 11 is 0. The van der Waals surface area contributed by atoms with E-state index in [9.17, 15) is 17.6 Å². The van der Waals surface area contributed by atoms with Crippen molar-refractivity contribution < 1.29 is 22.3 Å². The standard InChI is InChI=1S/C12H13F4NO/c1-3-17-5-7(2)6-18-12-10(15)8(13)4-9(14)11(12)16/h4,17H,2-3,5-6H2,1H3. The fourth-order valence-electron chi connectivity index (χ4n) is 1.21. The van der Waals surface area contributed by atoms with Crippen molar-refractivity contribution in [3.8, 4) is 5.75 Å². The van der Waals surface area contributed by atoms with Crippen molar-refractivity contribution in [1.82, 2.24) is 5.32 Å². The number of nitrogens with one attached hydrogen (secondary N) is 1. The number of halogens is 4. The third kappa shape index (κ3) is 3.46. The van der Waals surface area contributed by atoms with E-state index in [1.54, 1.807) is 0 Å². The summed E-state index contributed by atoms with van der Waals surface area (Å²) in [6.07, 6.45) is 0. The van der Waals surface area contributed by atoms with Crippen LogP contribution in [0.3, 0.4) is 0 Å². The largest absolute Gasteiger partial charge is 0.483 e. The molecule has 0 radical (unpaired) electrons. The highest BCUT2D eigenvalue weighted by atomic mass is 19.2. The Labute approximate surface area is 102 Å². The molecule has 0 heterocycles. The average Bonchev–Trinajstić information content (AvgIpc) is 2.34. The molecule has 1 N–H and O–H groups in total. The van der Waals surface area contributed by atoms with E-state index in [0.717, 1.165) is 0 Å². The highest BCUT2D eigenvalue weighted by Crippen LogP contribution is 2.26. The molecule has 0 unspecified atom stereocenters. The van der Waals surface area contributed by atoms with Crippen LogP contribution in [0.5, 0.6) is 5.75 Å². The monoisotopic (exact) mass is 263 g/mol. The molecule has 1 aromatic carbocycles. The van der Waals surface area contributed by atoms with E-state index in [-0.39, 0.29) is 12.7 Å². The second-order valence-corrected chi connectivity index (χ2v) is 3.62. The van der Waals surface area contributed by atoms with Gasteiger partial charge >= 0.3 is 0 Å². The van der Waals surface area contributed by atoms with E-state index in [1.807, 2.05) is 6.92 Å². The van der Waals surface area contributed by atoms with Crippen molar-refractivity contribution in [1.29, 1.82) is 0 Å². The van der Waals surface area contributed by atoms with Gasteiger partial charge in [0, 0.05) is 12.6 Å². The molecule has 0 saturated carbocycles. The molecule has 0 fully saturated rings. The van der Waals surface area contributed by atoms with Gasteiger partial charge in [-0.2, -0.15) is 8.78 Å². The lowest BCUT2D eigenvalue weighted by Gasteiger charge is -2.11. The SMILES string of the molecule is C=C(CNCC)COc1c(F)c(F)cc(F)c1F. The van der Waals surface area contributed by atoms with Crippen molar-refractivity contribution in [2.45, 2.75) is 6.92 Å². The topological polar surface area (TPSA) is 21.3 Å². The molecule has 2 nitrogen and oxygen atoms in total. The second-order valence-electron chi connectivity index (χ2n) is 3.62. The molecule has 0 spiro atoms. The van der Waals surface area contributed by atoms with E-state index in [1.165, 1.54) is 0 Å². The van der Waals surface area contributed by atoms with Gasteiger partial charge in [-0.3, -0.25) is 0 Å². The van der Waals surface area contributed by atoms with Crippen LogP contribution >= 0.6 is 0 Å². The van der Waals surface area contributed by atoms with Crippen LogP contribution in [0.2, 0.25) is 0 Å². The maximum Gasteiger partial charge on any atom is 0.203 e. The summed E-state index contributed by atoms with van der Waals surface area (Å²) in [7, 11) is 0. The van der Waals surface area contributed by atoms with Crippen molar-refractivity contribution in [2.75, 3.05) is 19.7 Å². The predicted octanol–water partition coefficient (Wildman–Crippen LogP) is 2.79. The number of ether oxygens (including phenoxy) is 1. The zero-order valence-corrected chi connectivity index (χ0v) is 9.83. The van der Waals surface area contributed by atoms with Crippen LogP contribution < -0.4 is 10.1 Å². The van der Waals surface area contributed by atoms with Crippen molar-refractivity contribution >= 4 is 0 Å². The van der Waals surface area contributed by atoms with Crippen LogP contribution in [0.1, 0.15) is 6.92 Å². The van der Waals surface area contributed by atoms with Gasteiger partial charge in [0.25, 0.3) is 0 Å². The Morgan fingerprint density at radius 3 is 2.28 bits per heavy atom. The molecule has 0 saturated heterocycles. The van der Waals surface area contributed by atoms with E-state index >= 15 is 0 Å². The molecule has 6 heteroatoms. The number of benzene rings is 1. The molecule has 0 atom stereocenters. The Morgan fingerprint density at radius 1 is 1.22 bits per heavy atom. The van der Waals surface area contributed by atoms with Gasteiger partial charge in [0.15, 0.2) is 17.4 Å². The maximum atomic E-state index is 13.2. The van der Waals surface area contributed by atoms with E-state index < -0.39 is 29.0 Å². The van der Waals surface area contributed by atoms with Crippen LogP contribution in [-0.4, -0.2) is 19.7 Å². The summed E-state index contributed by atoms with van der Waals surface area (Å²) in [5.41, 5.74) is 0.500. The fraction of sp³-hybridized carbons (Fsp3) is 0.333. The molecule has 0 bridgehead atoms. The highest BCUT2D eigenvalue weighted by molar-refractivity contribution is 5.29. The zero-order valence-electron chi connectivity index (χ0n) is 9.83. The predicted molar refractivity (Wildman–Crippen MR) is 59.5 cm³/mol. The second kappa shape index (κ2) is 6.39. The van der Waals surface area contributed by atoms with Gasteiger partial charge < -0.3 is 10.1 Å². The molecule has 0 amide bonds. The molecule has 18 heavy (non-hydrogen) atoms. The Hall–Kier alpha value is -1.56. The molecule has 0 aliphatic heterocycles. The first kappa shape index (κ1) is 14.5. The summed E-state index contributed by atoms with van der Waals surface area (Å²) in [6, 6.07) is 0.130. The van der Waals surface area contributed by atoms with E-state index in [2.05, 4.69) is 11.9 Å². The minimum absolute atomic E-state index is 0.130. The summed E-state index contributed by atoms with van der Waals surface area (Å²) < 4.78 is 56.8. The number of hydrogen-bond acceptors (Lipinski definition) is 2. The quantitative estimate of drug-likeness (QED) is 0.484. The van der Waals surface area contributed by atoms with Gasteiger partial charge in [-0.05, 0) is 12.1 Å².